The lowest BCUT2D eigenvalue weighted by molar-refractivity contribution is -0.143. The Balaban J connectivity index is 3.08. The van der Waals surface area contributed by atoms with Gasteiger partial charge in [-0.1, -0.05) is 26.2 Å². The third-order valence-electron chi connectivity index (χ3n) is 1.59. The van der Waals surface area contributed by atoms with Crippen LogP contribution >= 0.6 is 12.6 Å². The quantitative estimate of drug-likeness (QED) is 0.379. The predicted molar refractivity (Wildman–Crippen MR) is 53.6 cm³/mol. The van der Waals surface area contributed by atoms with Gasteiger partial charge in [0.15, 0.2) is 0 Å². The summed E-state index contributed by atoms with van der Waals surface area (Å²) in [7, 11) is 0. The number of esters is 1. The number of rotatable bonds is 7. The van der Waals surface area contributed by atoms with Crippen molar-refractivity contribution in [3.63, 3.8) is 0 Å². The van der Waals surface area contributed by atoms with E-state index in [2.05, 4.69) is 19.6 Å². The van der Waals surface area contributed by atoms with E-state index < -0.39 is 0 Å². The lowest BCUT2D eigenvalue weighted by atomic mass is 10.2. The summed E-state index contributed by atoms with van der Waals surface area (Å²) in [5.41, 5.74) is 0. The summed E-state index contributed by atoms with van der Waals surface area (Å²) in [5, 5.41) is 0. The molecule has 0 aliphatic rings. The van der Waals surface area contributed by atoms with E-state index in [1.54, 1.807) is 0 Å². The van der Waals surface area contributed by atoms with Gasteiger partial charge in [0.2, 0.25) is 0 Å². The lowest BCUT2D eigenvalue weighted by Crippen LogP contribution is -2.06. The van der Waals surface area contributed by atoms with Gasteiger partial charge in [0.05, 0.1) is 0 Å². The predicted octanol–water partition coefficient (Wildman–Crippen LogP) is 2.43. The van der Waals surface area contributed by atoms with Gasteiger partial charge in [-0.15, -0.1) is 0 Å². The maximum Gasteiger partial charge on any atom is 0.305 e. The number of carbonyl (C=O) groups is 1. The van der Waals surface area contributed by atoms with Gasteiger partial charge in [-0.3, -0.25) is 4.79 Å². The fourth-order valence-corrected chi connectivity index (χ4v) is 1.02. The van der Waals surface area contributed by atoms with Crippen LogP contribution in [-0.4, -0.2) is 18.3 Å². The maximum atomic E-state index is 10.9. The molecule has 3 heteroatoms. The molecule has 0 unspecified atom stereocenters. The van der Waals surface area contributed by atoms with Crippen molar-refractivity contribution in [1.82, 2.24) is 0 Å². The van der Waals surface area contributed by atoms with Crippen molar-refractivity contribution >= 4 is 18.6 Å². The molecule has 0 N–H and O–H groups in total. The SMILES string of the molecule is CCCCCCC(=O)OCCS. The standard InChI is InChI=1S/C9H18O2S/c1-2-3-4-5-6-9(10)11-7-8-12/h12H,2-8H2,1H3. The first-order valence-corrected chi connectivity index (χ1v) is 5.21. The smallest absolute Gasteiger partial charge is 0.305 e. The van der Waals surface area contributed by atoms with Crippen LogP contribution < -0.4 is 0 Å². The van der Waals surface area contributed by atoms with Crippen LogP contribution in [0.3, 0.4) is 0 Å². The molecule has 0 atom stereocenters. The van der Waals surface area contributed by atoms with Crippen molar-refractivity contribution < 1.29 is 9.53 Å². The minimum Gasteiger partial charge on any atom is -0.465 e. The summed E-state index contributed by atoms with van der Waals surface area (Å²) in [6.07, 6.45) is 5.06. The molecule has 0 aromatic carbocycles. The van der Waals surface area contributed by atoms with Crippen LogP contribution in [0.2, 0.25) is 0 Å². The minimum absolute atomic E-state index is 0.0832. The van der Waals surface area contributed by atoms with Gasteiger partial charge in [0, 0.05) is 12.2 Å². The highest BCUT2D eigenvalue weighted by atomic mass is 32.1. The van der Waals surface area contributed by atoms with Crippen molar-refractivity contribution in [3.8, 4) is 0 Å². The highest BCUT2D eigenvalue weighted by Gasteiger charge is 2.00. The third-order valence-corrected chi connectivity index (χ3v) is 1.77. The first kappa shape index (κ1) is 11.8. The molecule has 0 aliphatic heterocycles. The van der Waals surface area contributed by atoms with E-state index in [1.165, 1.54) is 12.8 Å². The Morgan fingerprint density at radius 3 is 2.67 bits per heavy atom. The molecule has 0 radical (unpaired) electrons. The molecule has 0 heterocycles. The Labute approximate surface area is 80.1 Å². The Kier molecular flexibility index (Phi) is 8.78. The van der Waals surface area contributed by atoms with Crippen molar-refractivity contribution in [2.24, 2.45) is 0 Å². The van der Waals surface area contributed by atoms with Crippen LogP contribution in [0.5, 0.6) is 0 Å². The Morgan fingerprint density at radius 2 is 2.08 bits per heavy atom. The molecule has 0 bridgehead atoms. The number of hydrogen-bond acceptors (Lipinski definition) is 3. The van der Waals surface area contributed by atoms with Gasteiger partial charge in [-0.05, 0) is 6.42 Å². The molecule has 0 amide bonds. The van der Waals surface area contributed by atoms with E-state index in [0.717, 1.165) is 12.8 Å². The van der Waals surface area contributed by atoms with Crippen LogP contribution in [0.4, 0.5) is 0 Å². The van der Waals surface area contributed by atoms with Gasteiger partial charge >= 0.3 is 5.97 Å². The van der Waals surface area contributed by atoms with Crippen LogP contribution in [0.1, 0.15) is 39.0 Å². The van der Waals surface area contributed by atoms with Crippen LogP contribution in [0.15, 0.2) is 0 Å². The highest BCUT2D eigenvalue weighted by Crippen LogP contribution is 2.03. The second-order valence-corrected chi connectivity index (χ2v) is 3.20. The molecule has 12 heavy (non-hydrogen) atoms. The summed E-state index contributed by atoms with van der Waals surface area (Å²) >= 11 is 3.94. The fraction of sp³-hybridized carbons (Fsp3) is 0.889. The maximum absolute atomic E-state index is 10.9. The summed E-state index contributed by atoms with van der Waals surface area (Å²) < 4.78 is 4.86. The van der Waals surface area contributed by atoms with Crippen molar-refractivity contribution in [3.05, 3.63) is 0 Å². The monoisotopic (exact) mass is 190 g/mol. The number of ether oxygens (including phenoxy) is 1. The second kappa shape index (κ2) is 8.91. The van der Waals surface area contributed by atoms with Crippen LogP contribution in [0, 0.1) is 0 Å². The first-order valence-electron chi connectivity index (χ1n) is 4.57. The number of carbonyl (C=O) groups excluding carboxylic acids is 1. The fourth-order valence-electron chi connectivity index (χ4n) is 0.928. The minimum atomic E-state index is -0.0832. The number of thiol groups is 1. The van der Waals surface area contributed by atoms with Crippen molar-refractivity contribution in [2.75, 3.05) is 12.4 Å². The highest BCUT2D eigenvalue weighted by molar-refractivity contribution is 7.80. The molecule has 0 saturated heterocycles. The first-order chi connectivity index (χ1) is 5.81. The second-order valence-electron chi connectivity index (χ2n) is 2.75. The summed E-state index contributed by atoms with van der Waals surface area (Å²) in [5.74, 6) is 0.529. The van der Waals surface area contributed by atoms with Gasteiger partial charge in [0.1, 0.15) is 6.61 Å². The molecular weight excluding hydrogens is 172 g/mol. The zero-order valence-corrected chi connectivity index (χ0v) is 8.61. The number of hydrogen-bond donors (Lipinski definition) is 1. The van der Waals surface area contributed by atoms with Gasteiger partial charge in [-0.2, -0.15) is 12.6 Å². The molecule has 0 rings (SSSR count). The molecule has 0 fully saturated rings. The molecule has 0 aliphatic carbocycles. The largest absolute Gasteiger partial charge is 0.465 e. The van der Waals surface area contributed by atoms with E-state index in [9.17, 15) is 4.79 Å². The van der Waals surface area contributed by atoms with Crippen LogP contribution in [-0.2, 0) is 9.53 Å². The number of unbranched alkanes of at least 4 members (excludes halogenated alkanes) is 3. The molecule has 0 aromatic heterocycles. The molecule has 0 spiro atoms. The van der Waals surface area contributed by atoms with E-state index >= 15 is 0 Å². The lowest BCUT2D eigenvalue weighted by Gasteiger charge is -2.01. The average Bonchev–Trinajstić information content (AvgIpc) is 2.09. The summed E-state index contributed by atoms with van der Waals surface area (Å²) in [6.45, 7) is 2.59. The van der Waals surface area contributed by atoms with Crippen LogP contribution in [0.25, 0.3) is 0 Å². The molecular formula is C9H18O2S. The average molecular weight is 190 g/mol. The Morgan fingerprint density at radius 1 is 1.33 bits per heavy atom. The zero-order chi connectivity index (χ0) is 9.23. The van der Waals surface area contributed by atoms with Crippen molar-refractivity contribution in [2.45, 2.75) is 39.0 Å². The third kappa shape index (κ3) is 7.92. The normalized spacial score (nSPS) is 9.83. The summed E-state index contributed by atoms with van der Waals surface area (Å²) in [6, 6.07) is 0. The van der Waals surface area contributed by atoms with Gasteiger partial charge < -0.3 is 4.74 Å². The van der Waals surface area contributed by atoms with E-state index in [-0.39, 0.29) is 5.97 Å². The van der Waals surface area contributed by atoms with Crippen molar-refractivity contribution in [1.29, 1.82) is 0 Å². The Bertz CT molecular complexity index is 115. The topological polar surface area (TPSA) is 26.3 Å². The summed E-state index contributed by atoms with van der Waals surface area (Å²) in [4.78, 5) is 10.9. The Hall–Kier alpha value is -0.180. The van der Waals surface area contributed by atoms with E-state index in [1.807, 2.05) is 0 Å². The van der Waals surface area contributed by atoms with Gasteiger partial charge in [0.25, 0.3) is 0 Å². The van der Waals surface area contributed by atoms with E-state index in [0.29, 0.717) is 18.8 Å². The van der Waals surface area contributed by atoms with Gasteiger partial charge in [-0.25, -0.2) is 0 Å². The molecule has 0 aromatic rings. The van der Waals surface area contributed by atoms with E-state index in [4.69, 9.17) is 4.74 Å². The molecule has 72 valence electrons. The molecule has 0 saturated carbocycles. The zero-order valence-electron chi connectivity index (χ0n) is 7.71. The molecule has 2 nitrogen and oxygen atoms in total.